The van der Waals surface area contributed by atoms with E-state index in [1.807, 2.05) is 0 Å². The Bertz CT molecular complexity index is 399. The van der Waals surface area contributed by atoms with E-state index in [1.165, 1.54) is 29.3 Å². The molecule has 1 aromatic carbocycles. The molecule has 0 radical (unpaired) electrons. The van der Waals surface area contributed by atoms with E-state index in [-0.39, 0.29) is 0 Å². The number of nitrogens with zero attached hydrogens (tertiary/aromatic N) is 1. The van der Waals surface area contributed by atoms with Gasteiger partial charge < -0.3 is 10.2 Å². The van der Waals surface area contributed by atoms with E-state index in [9.17, 15) is 0 Å². The Labute approximate surface area is 125 Å². The van der Waals surface area contributed by atoms with E-state index >= 15 is 0 Å². The van der Waals surface area contributed by atoms with Crippen molar-refractivity contribution in [2.24, 2.45) is 0 Å². The highest BCUT2D eigenvalue weighted by molar-refractivity contribution is 9.10. The zero-order chi connectivity index (χ0) is 13.8. The summed E-state index contributed by atoms with van der Waals surface area (Å²) in [5, 5.41) is 3.75. The van der Waals surface area contributed by atoms with Gasteiger partial charge in [-0.3, -0.25) is 0 Å². The Morgan fingerprint density at radius 2 is 2.11 bits per heavy atom. The van der Waals surface area contributed by atoms with Gasteiger partial charge in [0.15, 0.2) is 0 Å². The maximum atomic E-state index is 3.75. The first-order valence-corrected chi connectivity index (χ1v) is 8.00. The summed E-state index contributed by atoms with van der Waals surface area (Å²) in [6.07, 6.45) is 3.79. The van der Waals surface area contributed by atoms with Gasteiger partial charge in [-0.05, 0) is 70.4 Å². The quantitative estimate of drug-likeness (QED) is 0.859. The molecule has 1 unspecified atom stereocenters. The minimum absolute atomic E-state index is 0.621. The smallest absolute Gasteiger partial charge is 0.0178 e. The third-order valence-corrected chi connectivity index (χ3v) is 4.48. The molecule has 0 aromatic heterocycles. The van der Waals surface area contributed by atoms with Crippen molar-refractivity contribution in [3.8, 4) is 0 Å². The lowest BCUT2D eigenvalue weighted by molar-refractivity contribution is 0.255. The van der Waals surface area contributed by atoms with Crippen LogP contribution in [0.3, 0.4) is 0 Å². The van der Waals surface area contributed by atoms with Crippen molar-refractivity contribution in [3.05, 3.63) is 34.3 Å². The van der Waals surface area contributed by atoms with E-state index in [1.54, 1.807) is 0 Å². The number of hydrogen-bond donors (Lipinski definition) is 1. The van der Waals surface area contributed by atoms with Gasteiger partial charge in [0.1, 0.15) is 0 Å². The second-order valence-electron chi connectivity index (χ2n) is 6.08. The average molecular weight is 325 g/mol. The topological polar surface area (TPSA) is 15.3 Å². The van der Waals surface area contributed by atoms with Crippen LogP contribution < -0.4 is 5.32 Å². The minimum atomic E-state index is 0.621. The van der Waals surface area contributed by atoms with Gasteiger partial charge in [0.05, 0.1) is 0 Å². The summed E-state index contributed by atoms with van der Waals surface area (Å²) < 4.78 is 1.20. The third-order valence-electron chi connectivity index (χ3n) is 3.99. The molecule has 3 heteroatoms. The Balaban J connectivity index is 1.71. The fourth-order valence-corrected chi connectivity index (χ4v) is 3.14. The summed E-state index contributed by atoms with van der Waals surface area (Å²) in [7, 11) is 4.28. The first kappa shape index (κ1) is 15.0. The SMILES string of the molecule is CC(CCN(C)C)NC1CC(c2cccc(Br)c2)C1. The van der Waals surface area contributed by atoms with Crippen molar-refractivity contribution in [2.75, 3.05) is 20.6 Å². The van der Waals surface area contributed by atoms with Crippen molar-refractivity contribution >= 4 is 15.9 Å². The summed E-state index contributed by atoms with van der Waals surface area (Å²) in [5.74, 6) is 0.746. The Hall–Kier alpha value is -0.380. The molecule has 0 amide bonds. The minimum Gasteiger partial charge on any atom is -0.311 e. The first-order chi connectivity index (χ1) is 9.04. The summed E-state index contributed by atoms with van der Waals surface area (Å²) in [5.41, 5.74) is 1.48. The Morgan fingerprint density at radius 3 is 2.74 bits per heavy atom. The van der Waals surface area contributed by atoms with Crippen molar-refractivity contribution in [1.82, 2.24) is 10.2 Å². The Morgan fingerprint density at radius 1 is 1.37 bits per heavy atom. The van der Waals surface area contributed by atoms with Gasteiger partial charge in [0.2, 0.25) is 0 Å². The van der Waals surface area contributed by atoms with Crippen LogP contribution in [0.2, 0.25) is 0 Å². The van der Waals surface area contributed by atoms with Gasteiger partial charge in [-0.15, -0.1) is 0 Å². The van der Waals surface area contributed by atoms with Crippen molar-refractivity contribution in [2.45, 2.75) is 44.2 Å². The van der Waals surface area contributed by atoms with Gasteiger partial charge in [0.25, 0.3) is 0 Å². The number of hydrogen-bond acceptors (Lipinski definition) is 2. The van der Waals surface area contributed by atoms with Crippen LogP contribution in [0.4, 0.5) is 0 Å². The van der Waals surface area contributed by atoms with E-state index in [0.29, 0.717) is 12.1 Å². The molecule has 2 rings (SSSR count). The fourth-order valence-electron chi connectivity index (χ4n) is 2.72. The molecule has 1 aromatic rings. The molecule has 1 saturated carbocycles. The van der Waals surface area contributed by atoms with Crippen molar-refractivity contribution < 1.29 is 0 Å². The highest BCUT2D eigenvalue weighted by Crippen LogP contribution is 2.37. The zero-order valence-electron chi connectivity index (χ0n) is 12.2. The molecule has 19 heavy (non-hydrogen) atoms. The monoisotopic (exact) mass is 324 g/mol. The lowest BCUT2D eigenvalue weighted by Crippen LogP contribution is -2.45. The second kappa shape index (κ2) is 6.87. The summed E-state index contributed by atoms with van der Waals surface area (Å²) in [6, 6.07) is 10.1. The van der Waals surface area contributed by atoms with Crippen LogP contribution in [0.5, 0.6) is 0 Å². The predicted octanol–water partition coefficient (Wildman–Crippen LogP) is 3.62. The third kappa shape index (κ3) is 4.59. The first-order valence-electron chi connectivity index (χ1n) is 7.21. The summed E-state index contributed by atoms with van der Waals surface area (Å²) in [6.45, 7) is 3.46. The fraction of sp³-hybridized carbons (Fsp3) is 0.625. The molecule has 1 fully saturated rings. The van der Waals surface area contributed by atoms with Crippen LogP contribution in [0, 0.1) is 0 Å². The summed E-state index contributed by atoms with van der Waals surface area (Å²) in [4.78, 5) is 2.25. The normalized spacial score (nSPS) is 24.3. The average Bonchev–Trinajstić information content (AvgIpc) is 2.30. The van der Waals surface area contributed by atoms with E-state index in [4.69, 9.17) is 0 Å². The highest BCUT2D eigenvalue weighted by Gasteiger charge is 2.30. The molecular formula is C16H25BrN2. The molecule has 1 atom stereocenters. The molecule has 2 nitrogen and oxygen atoms in total. The molecule has 0 saturated heterocycles. The lowest BCUT2D eigenvalue weighted by atomic mass is 9.75. The van der Waals surface area contributed by atoms with Crippen LogP contribution in [-0.2, 0) is 0 Å². The van der Waals surface area contributed by atoms with Gasteiger partial charge >= 0.3 is 0 Å². The van der Waals surface area contributed by atoms with Crippen molar-refractivity contribution in [1.29, 1.82) is 0 Å². The number of halogens is 1. The maximum Gasteiger partial charge on any atom is 0.0178 e. The predicted molar refractivity (Wildman–Crippen MR) is 85.7 cm³/mol. The van der Waals surface area contributed by atoms with E-state index in [0.717, 1.165) is 12.5 Å². The number of rotatable bonds is 6. The van der Waals surface area contributed by atoms with Crippen LogP contribution in [-0.4, -0.2) is 37.6 Å². The van der Waals surface area contributed by atoms with Crippen LogP contribution in [0.15, 0.2) is 28.7 Å². The van der Waals surface area contributed by atoms with Gasteiger partial charge in [-0.2, -0.15) is 0 Å². The van der Waals surface area contributed by atoms with E-state index in [2.05, 4.69) is 71.4 Å². The van der Waals surface area contributed by atoms with Gasteiger partial charge in [-0.1, -0.05) is 28.1 Å². The zero-order valence-corrected chi connectivity index (χ0v) is 13.8. The number of benzene rings is 1. The standard InChI is InChI=1S/C16H25BrN2/c1-12(7-8-19(2)3)18-16-10-14(11-16)13-5-4-6-15(17)9-13/h4-6,9,12,14,16,18H,7-8,10-11H2,1-3H3. The molecule has 1 N–H and O–H groups in total. The highest BCUT2D eigenvalue weighted by atomic mass is 79.9. The molecule has 1 aliphatic carbocycles. The Kier molecular flexibility index (Phi) is 5.43. The molecule has 0 spiro atoms. The maximum absolute atomic E-state index is 3.75. The van der Waals surface area contributed by atoms with Crippen LogP contribution in [0.1, 0.15) is 37.7 Å². The molecule has 1 aliphatic rings. The van der Waals surface area contributed by atoms with Gasteiger partial charge in [-0.25, -0.2) is 0 Å². The second-order valence-corrected chi connectivity index (χ2v) is 7.00. The largest absolute Gasteiger partial charge is 0.311 e. The van der Waals surface area contributed by atoms with E-state index < -0.39 is 0 Å². The molecule has 0 bridgehead atoms. The van der Waals surface area contributed by atoms with Crippen molar-refractivity contribution in [3.63, 3.8) is 0 Å². The van der Waals surface area contributed by atoms with Crippen LogP contribution in [0.25, 0.3) is 0 Å². The molecule has 0 aliphatic heterocycles. The lowest BCUT2D eigenvalue weighted by Gasteiger charge is -2.38. The van der Waals surface area contributed by atoms with Crippen LogP contribution >= 0.6 is 15.9 Å². The van der Waals surface area contributed by atoms with Gasteiger partial charge in [0, 0.05) is 16.6 Å². The molecule has 106 valence electrons. The number of nitrogens with one attached hydrogen (secondary N) is 1. The summed E-state index contributed by atoms with van der Waals surface area (Å²) >= 11 is 3.55. The molecule has 0 heterocycles. The molecular weight excluding hydrogens is 300 g/mol.